The van der Waals surface area contributed by atoms with E-state index >= 15 is 0 Å². The number of aryl methyl sites for hydroxylation is 1. The van der Waals surface area contributed by atoms with E-state index in [1.165, 1.54) is 23.9 Å². The van der Waals surface area contributed by atoms with Crippen molar-refractivity contribution in [3.8, 4) is 5.75 Å². The standard InChI is InChI=1S/C24H21FN2O4S/c25-16-5-4-15-8-17(26-20(15)10-16)11-24(23(29)30)13-32-22(27-24)12-31-18-6-7-19-14(9-18)2-1-3-21(19)28/h4-10,26H,1-3,11-13H2,(H,29,30). The molecule has 32 heavy (non-hydrogen) atoms. The minimum absolute atomic E-state index is 0.166. The Hall–Kier alpha value is -3.13. The summed E-state index contributed by atoms with van der Waals surface area (Å²) in [7, 11) is 0. The van der Waals surface area contributed by atoms with Gasteiger partial charge >= 0.3 is 5.97 Å². The van der Waals surface area contributed by atoms with Crippen molar-refractivity contribution < 1.29 is 23.8 Å². The topological polar surface area (TPSA) is 91.8 Å². The highest BCUT2D eigenvalue weighted by Gasteiger charge is 2.43. The van der Waals surface area contributed by atoms with Gasteiger partial charge in [0.2, 0.25) is 0 Å². The number of hydrogen-bond acceptors (Lipinski definition) is 5. The van der Waals surface area contributed by atoms with Gasteiger partial charge in [-0.1, -0.05) is 0 Å². The Morgan fingerprint density at radius 2 is 2.09 bits per heavy atom. The lowest BCUT2D eigenvalue weighted by Crippen LogP contribution is -2.39. The summed E-state index contributed by atoms with van der Waals surface area (Å²) in [5.74, 6) is -0.244. The number of aliphatic carboxylic acids is 1. The van der Waals surface area contributed by atoms with Crippen LogP contribution in [0.5, 0.6) is 5.75 Å². The minimum Gasteiger partial charge on any atom is -0.487 e. The highest BCUT2D eigenvalue weighted by Crippen LogP contribution is 2.33. The maximum atomic E-state index is 13.5. The first kappa shape index (κ1) is 20.8. The van der Waals surface area contributed by atoms with E-state index in [2.05, 4.69) is 9.98 Å². The van der Waals surface area contributed by atoms with Crippen molar-refractivity contribution in [2.75, 3.05) is 12.4 Å². The molecule has 1 aromatic heterocycles. The molecule has 0 spiro atoms. The minimum atomic E-state index is -1.30. The van der Waals surface area contributed by atoms with Gasteiger partial charge in [0.15, 0.2) is 11.3 Å². The molecule has 3 aromatic rings. The summed E-state index contributed by atoms with van der Waals surface area (Å²) in [6.45, 7) is 0.171. The summed E-state index contributed by atoms with van der Waals surface area (Å²) in [4.78, 5) is 31.8. The third-order valence-corrected chi connectivity index (χ3v) is 7.09. The second-order valence-electron chi connectivity index (χ2n) is 8.22. The molecule has 1 unspecified atom stereocenters. The number of aromatic nitrogens is 1. The first-order valence-electron chi connectivity index (χ1n) is 10.4. The number of carbonyl (C=O) groups excluding carboxylic acids is 1. The number of benzene rings is 2. The fourth-order valence-corrected chi connectivity index (χ4v) is 5.36. The second-order valence-corrected chi connectivity index (χ2v) is 9.27. The van der Waals surface area contributed by atoms with Crippen LogP contribution in [-0.2, 0) is 17.6 Å². The van der Waals surface area contributed by atoms with Crippen LogP contribution in [0, 0.1) is 5.82 Å². The zero-order chi connectivity index (χ0) is 22.3. The van der Waals surface area contributed by atoms with Gasteiger partial charge in [0, 0.05) is 35.4 Å². The zero-order valence-electron chi connectivity index (χ0n) is 17.2. The number of ketones is 1. The molecular weight excluding hydrogens is 431 g/mol. The highest BCUT2D eigenvalue weighted by molar-refractivity contribution is 8.14. The van der Waals surface area contributed by atoms with Gasteiger partial charge in [-0.05, 0) is 66.3 Å². The number of aromatic amines is 1. The number of carbonyl (C=O) groups is 2. The molecule has 0 fully saturated rings. The molecule has 1 aliphatic heterocycles. The van der Waals surface area contributed by atoms with E-state index in [9.17, 15) is 19.1 Å². The van der Waals surface area contributed by atoms with E-state index in [-0.39, 0.29) is 24.6 Å². The molecule has 2 aromatic carbocycles. The van der Waals surface area contributed by atoms with E-state index in [1.54, 1.807) is 18.2 Å². The van der Waals surface area contributed by atoms with Crippen molar-refractivity contribution >= 4 is 39.5 Å². The molecule has 1 aliphatic carbocycles. The average molecular weight is 453 g/mol. The molecule has 0 bridgehead atoms. The molecule has 6 nitrogen and oxygen atoms in total. The zero-order valence-corrected chi connectivity index (χ0v) is 18.0. The SMILES string of the molecule is O=C1CCCc2cc(OCC3=NC(Cc4cc5ccc(F)cc5[nH]4)(C(=O)O)CS3)ccc21. The molecule has 164 valence electrons. The lowest BCUT2D eigenvalue weighted by atomic mass is 9.91. The molecule has 0 radical (unpaired) electrons. The van der Waals surface area contributed by atoms with Gasteiger partial charge in [0.25, 0.3) is 0 Å². The lowest BCUT2D eigenvalue weighted by molar-refractivity contribution is -0.142. The predicted octanol–water partition coefficient (Wildman–Crippen LogP) is 4.42. The molecule has 5 rings (SSSR count). The maximum absolute atomic E-state index is 13.5. The number of rotatable bonds is 6. The summed E-state index contributed by atoms with van der Waals surface area (Å²) in [5.41, 5.74) is 1.78. The molecular formula is C24H21FN2O4S. The van der Waals surface area contributed by atoms with Gasteiger partial charge in [0.05, 0.1) is 0 Å². The molecule has 2 aliphatic rings. The molecule has 0 saturated carbocycles. The van der Waals surface area contributed by atoms with Gasteiger partial charge in [-0.2, -0.15) is 0 Å². The number of hydrogen-bond donors (Lipinski definition) is 2. The Morgan fingerprint density at radius 1 is 1.22 bits per heavy atom. The first-order chi connectivity index (χ1) is 15.4. The van der Waals surface area contributed by atoms with Crippen LogP contribution < -0.4 is 4.74 Å². The summed E-state index contributed by atoms with van der Waals surface area (Å²) >= 11 is 1.37. The normalized spacial score (nSPS) is 20.3. The largest absolute Gasteiger partial charge is 0.487 e. The Labute approximate surface area is 187 Å². The van der Waals surface area contributed by atoms with Crippen molar-refractivity contribution in [3.05, 3.63) is 65.1 Å². The van der Waals surface area contributed by atoms with E-state index in [1.807, 2.05) is 12.1 Å². The van der Waals surface area contributed by atoms with Crippen LogP contribution in [-0.4, -0.2) is 44.8 Å². The van der Waals surface area contributed by atoms with Crippen LogP contribution >= 0.6 is 11.8 Å². The van der Waals surface area contributed by atoms with Crippen molar-refractivity contribution in [3.63, 3.8) is 0 Å². The van der Waals surface area contributed by atoms with Crippen LogP contribution in [0.25, 0.3) is 10.9 Å². The summed E-state index contributed by atoms with van der Waals surface area (Å²) in [6, 6.07) is 11.7. The van der Waals surface area contributed by atoms with Crippen LogP contribution in [0.15, 0.2) is 47.5 Å². The molecule has 1 atom stereocenters. The number of carboxylic acids is 1. The van der Waals surface area contributed by atoms with E-state index in [4.69, 9.17) is 4.74 Å². The van der Waals surface area contributed by atoms with Gasteiger partial charge in [-0.3, -0.25) is 9.79 Å². The Balaban J connectivity index is 1.32. The number of H-pyrrole nitrogens is 1. The summed E-state index contributed by atoms with van der Waals surface area (Å²) < 4.78 is 19.3. The fraction of sp³-hybridized carbons (Fsp3) is 0.292. The number of nitrogens with one attached hydrogen (secondary N) is 1. The summed E-state index contributed by atoms with van der Waals surface area (Å²) in [6.07, 6.45) is 2.46. The van der Waals surface area contributed by atoms with E-state index in [0.717, 1.165) is 29.4 Å². The monoisotopic (exact) mass is 452 g/mol. The van der Waals surface area contributed by atoms with Crippen molar-refractivity contribution in [1.29, 1.82) is 0 Å². The predicted molar refractivity (Wildman–Crippen MR) is 121 cm³/mol. The number of fused-ring (bicyclic) bond motifs is 2. The van der Waals surface area contributed by atoms with Crippen LogP contribution in [0.3, 0.4) is 0 Å². The number of Topliss-reactive ketones (excluding diaryl/α,β-unsaturated/α-hetero) is 1. The third kappa shape index (κ3) is 3.90. The van der Waals surface area contributed by atoms with Gasteiger partial charge in [-0.15, -0.1) is 11.8 Å². The number of halogens is 1. The Bertz CT molecular complexity index is 1270. The molecule has 0 amide bonds. The van der Waals surface area contributed by atoms with E-state index in [0.29, 0.717) is 34.2 Å². The van der Waals surface area contributed by atoms with Crippen molar-refractivity contribution in [2.24, 2.45) is 4.99 Å². The first-order valence-corrected chi connectivity index (χ1v) is 11.4. The van der Waals surface area contributed by atoms with Gasteiger partial charge in [-0.25, -0.2) is 9.18 Å². The van der Waals surface area contributed by atoms with E-state index < -0.39 is 11.5 Å². The van der Waals surface area contributed by atoms with Gasteiger partial charge in [0.1, 0.15) is 23.2 Å². The van der Waals surface area contributed by atoms with Crippen LogP contribution in [0.1, 0.15) is 34.5 Å². The van der Waals surface area contributed by atoms with Gasteiger partial charge < -0.3 is 14.8 Å². The molecule has 0 saturated heterocycles. The van der Waals surface area contributed by atoms with Crippen molar-refractivity contribution in [2.45, 2.75) is 31.2 Å². The molecule has 8 heteroatoms. The lowest BCUT2D eigenvalue weighted by Gasteiger charge is -2.19. The maximum Gasteiger partial charge on any atom is 0.332 e. The number of thioether (sulfide) groups is 1. The average Bonchev–Trinajstić information content (AvgIpc) is 3.36. The molecule has 2 N–H and O–H groups in total. The van der Waals surface area contributed by atoms with Crippen LogP contribution in [0.4, 0.5) is 4.39 Å². The Kier molecular flexibility index (Phi) is 5.25. The number of ether oxygens (including phenoxy) is 1. The van der Waals surface area contributed by atoms with Crippen LogP contribution in [0.2, 0.25) is 0 Å². The smallest absolute Gasteiger partial charge is 0.332 e. The number of carboxylic acid groups (broad SMARTS) is 1. The van der Waals surface area contributed by atoms with Crippen molar-refractivity contribution in [1.82, 2.24) is 4.98 Å². The highest BCUT2D eigenvalue weighted by atomic mass is 32.2. The second kappa shape index (κ2) is 8.09. The molecule has 2 heterocycles. The quantitative estimate of drug-likeness (QED) is 0.578. The number of aliphatic imine (C=N–C) groups is 1. The third-order valence-electron chi connectivity index (χ3n) is 5.93. The number of nitrogens with zero attached hydrogens (tertiary/aromatic N) is 1. The summed E-state index contributed by atoms with van der Waals surface area (Å²) in [5, 5.41) is 11.4. The fourth-order valence-electron chi connectivity index (χ4n) is 4.28. The Morgan fingerprint density at radius 3 is 2.94 bits per heavy atom.